The molecule has 0 amide bonds. The van der Waals surface area contributed by atoms with Crippen LogP contribution in [0.25, 0.3) is 0 Å². The SMILES string of the molecule is CN=C(NCC(C)Oc1ccc(F)cc1)NC1CCC(SC)C1. The minimum Gasteiger partial charge on any atom is -0.489 e. The minimum absolute atomic E-state index is 0.0402. The van der Waals surface area contributed by atoms with Gasteiger partial charge in [-0.25, -0.2) is 4.39 Å². The summed E-state index contributed by atoms with van der Waals surface area (Å²) in [6.45, 7) is 2.61. The number of guanidine groups is 1. The molecule has 0 heterocycles. The summed E-state index contributed by atoms with van der Waals surface area (Å²) in [4.78, 5) is 4.28. The molecule has 1 fully saturated rings. The second-order valence-corrected chi connectivity index (χ2v) is 6.99. The largest absolute Gasteiger partial charge is 0.489 e. The monoisotopic (exact) mass is 339 g/mol. The number of thioether (sulfide) groups is 1. The molecule has 1 aliphatic carbocycles. The van der Waals surface area contributed by atoms with Crippen molar-refractivity contribution in [3.63, 3.8) is 0 Å². The third-order valence-corrected chi connectivity index (χ3v) is 5.08. The number of hydrogen-bond donors (Lipinski definition) is 2. The Labute approximate surface area is 142 Å². The molecule has 0 bridgehead atoms. The fraction of sp³-hybridized carbons (Fsp3) is 0.588. The average Bonchev–Trinajstić information content (AvgIpc) is 3.01. The molecule has 0 spiro atoms. The van der Waals surface area contributed by atoms with Crippen LogP contribution in [0.15, 0.2) is 29.3 Å². The lowest BCUT2D eigenvalue weighted by Gasteiger charge is -2.20. The molecular formula is C17H26FN3OS. The van der Waals surface area contributed by atoms with Gasteiger partial charge in [0.05, 0.1) is 6.54 Å². The van der Waals surface area contributed by atoms with Gasteiger partial charge in [0.15, 0.2) is 5.96 Å². The van der Waals surface area contributed by atoms with Crippen LogP contribution in [0, 0.1) is 5.82 Å². The number of benzene rings is 1. The van der Waals surface area contributed by atoms with E-state index in [9.17, 15) is 4.39 Å². The van der Waals surface area contributed by atoms with Crippen molar-refractivity contribution >= 4 is 17.7 Å². The molecule has 1 saturated carbocycles. The van der Waals surface area contributed by atoms with Crippen LogP contribution in [0.4, 0.5) is 4.39 Å². The molecule has 1 aromatic rings. The standard InChI is InChI=1S/C17H26FN3OS/c1-12(22-15-7-4-13(18)5-8-15)11-20-17(19-2)21-14-6-9-16(10-14)23-3/h4-5,7-8,12,14,16H,6,9-11H2,1-3H3,(H2,19,20,21). The lowest BCUT2D eigenvalue weighted by molar-refractivity contribution is 0.223. The first kappa shape index (κ1) is 17.9. The van der Waals surface area contributed by atoms with Gasteiger partial charge in [-0.2, -0.15) is 11.8 Å². The van der Waals surface area contributed by atoms with E-state index in [2.05, 4.69) is 21.9 Å². The molecule has 23 heavy (non-hydrogen) atoms. The number of nitrogens with zero attached hydrogens (tertiary/aromatic N) is 1. The Kier molecular flexibility index (Phi) is 7.02. The Morgan fingerprint density at radius 2 is 2.13 bits per heavy atom. The number of halogens is 1. The zero-order valence-corrected chi connectivity index (χ0v) is 14.8. The molecule has 4 nitrogen and oxygen atoms in total. The van der Waals surface area contributed by atoms with E-state index in [0.717, 1.165) is 11.2 Å². The average molecular weight is 339 g/mol. The Morgan fingerprint density at radius 1 is 1.39 bits per heavy atom. The second-order valence-electron chi connectivity index (χ2n) is 5.85. The van der Waals surface area contributed by atoms with Gasteiger partial charge in [0, 0.05) is 18.3 Å². The molecule has 0 radical (unpaired) electrons. The van der Waals surface area contributed by atoms with Crippen molar-refractivity contribution in [1.82, 2.24) is 10.6 Å². The van der Waals surface area contributed by atoms with Gasteiger partial charge in [-0.1, -0.05) is 0 Å². The predicted molar refractivity (Wildman–Crippen MR) is 95.9 cm³/mol. The summed E-state index contributed by atoms with van der Waals surface area (Å²) in [5.74, 6) is 1.22. The first-order valence-corrected chi connectivity index (χ1v) is 9.31. The summed E-state index contributed by atoms with van der Waals surface area (Å²) < 4.78 is 18.6. The number of ether oxygens (including phenoxy) is 1. The van der Waals surface area contributed by atoms with Crippen LogP contribution in [0.3, 0.4) is 0 Å². The van der Waals surface area contributed by atoms with Crippen molar-refractivity contribution in [2.75, 3.05) is 19.8 Å². The summed E-state index contributed by atoms with van der Waals surface area (Å²) in [6.07, 6.45) is 5.77. The van der Waals surface area contributed by atoms with Crippen molar-refractivity contribution in [2.45, 2.75) is 43.6 Å². The summed E-state index contributed by atoms with van der Waals surface area (Å²) in [5, 5.41) is 7.53. The molecule has 2 rings (SSSR count). The zero-order chi connectivity index (χ0) is 16.7. The van der Waals surface area contributed by atoms with Crippen LogP contribution >= 0.6 is 11.8 Å². The third-order valence-electron chi connectivity index (χ3n) is 3.99. The fourth-order valence-corrected chi connectivity index (χ4v) is 3.50. The van der Waals surface area contributed by atoms with E-state index in [0.29, 0.717) is 18.3 Å². The van der Waals surface area contributed by atoms with Gasteiger partial charge in [-0.3, -0.25) is 4.99 Å². The maximum absolute atomic E-state index is 12.9. The molecule has 2 N–H and O–H groups in total. The maximum Gasteiger partial charge on any atom is 0.191 e. The van der Waals surface area contributed by atoms with Crippen LogP contribution in [-0.4, -0.2) is 43.2 Å². The highest BCUT2D eigenvalue weighted by molar-refractivity contribution is 7.99. The minimum atomic E-state index is -0.257. The number of hydrogen-bond acceptors (Lipinski definition) is 3. The van der Waals surface area contributed by atoms with Gasteiger partial charge >= 0.3 is 0 Å². The predicted octanol–water partition coefficient (Wildman–Crippen LogP) is 3.04. The van der Waals surface area contributed by atoms with Gasteiger partial charge in [-0.15, -0.1) is 0 Å². The van der Waals surface area contributed by atoms with Crippen LogP contribution < -0.4 is 15.4 Å². The molecular weight excluding hydrogens is 313 g/mol. The molecule has 0 saturated heterocycles. The van der Waals surface area contributed by atoms with Crippen LogP contribution in [0.2, 0.25) is 0 Å². The van der Waals surface area contributed by atoms with Gasteiger partial charge < -0.3 is 15.4 Å². The highest BCUT2D eigenvalue weighted by Gasteiger charge is 2.24. The fourth-order valence-electron chi connectivity index (χ4n) is 2.70. The summed E-state index contributed by atoms with van der Waals surface area (Å²) >= 11 is 1.94. The van der Waals surface area contributed by atoms with E-state index in [4.69, 9.17) is 4.74 Å². The number of rotatable bonds is 6. The Morgan fingerprint density at radius 3 is 2.74 bits per heavy atom. The molecule has 1 aromatic carbocycles. The van der Waals surface area contributed by atoms with Crippen molar-refractivity contribution in [3.05, 3.63) is 30.1 Å². The van der Waals surface area contributed by atoms with E-state index in [1.807, 2.05) is 18.7 Å². The first-order chi connectivity index (χ1) is 11.1. The molecule has 3 unspecified atom stereocenters. The molecule has 0 aromatic heterocycles. The molecule has 0 aliphatic heterocycles. The summed E-state index contributed by atoms with van der Waals surface area (Å²) in [5.41, 5.74) is 0. The van der Waals surface area contributed by atoms with Crippen molar-refractivity contribution in [3.8, 4) is 5.75 Å². The normalized spacial score (nSPS) is 22.7. The van der Waals surface area contributed by atoms with E-state index in [-0.39, 0.29) is 11.9 Å². The van der Waals surface area contributed by atoms with Gasteiger partial charge in [0.25, 0.3) is 0 Å². The van der Waals surface area contributed by atoms with Gasteiger partial charge in [-0.05, 0) is 56.7 Å². The quantitative estimate of drug-likeness (QED) is 0.618. The van der Waals surface area contributed by atoms with Crippen LogP contribution in [0.1, 0.15) is 26.2 Å². The van der Waals surface area contributed by atoms with Crippen LogP contribution in [0.5, 0.6) is 5.75 Å². The Hall–Kier alpha value is -1.43. The van der Waals surface area contributed by atoms with E-state index in [1.54, 1.807) is 19.2 Å². The Balaban J connectivity index is 1.73. The smallest absolute Gasteiger partial charge is 0.191 e. The lowest BCUT2D eigenvalue weighted by Crippen LogP contribution is -2.45. The third kappa shape index (κ3) is 5.94. The molecule has 1 aliphatic rings. The van der Waals surface area contributed by atoms with E-state index >= 15 is 0 Å². The zero-order valence-electron chi connectivity index (χ0n) is 14.0. The summed E-state index contributed by atoms with van der Waals surface area (Å²) in [7, 11) is 1.78. The number of aliphatic imine (C=N–C) groups is 1. The molecule has 3 atom stereocenters. The number of nitrogens with one attached hydrogen (secondary N) is 2. The first-order valence-electron chi connectivity index (χ1n) is 8.03. The highest BCUT2D eigenvalue weighted by atomic mass is 32.2. The van der Waals surface area contributed by atoms with Crippen molar-refractivity contribution in [1.29, 1.82) is 0 Å². The molecule has 6 heteroatoms. The molecule has 128 valence electrons. The maximum atomic E-state index is 12.9. The van der Waals surface area contributed by atoms with E-state index in [1.165, 1.54) is 31.4 Å². The lowest BCUT2D eigenvalue weighted by atomic mass is 10.2. The van der Waals surface area contributed by atoms with Crippen molar-refractivity contribution < 1.29 is 9.13 Å². The van der Waals surface area contributed by atoms with Crippen LogP contribution in [-0.2, 0) is 0 Å². The second kappa shape index (κ2) is 9.01. The van der Waals surface area contributed by atoms with Gasteiger partial charge in [0.2, 0.25) is 0 Å². The van der Waals surface area contributed by atoms with E-state index < -0.39 is 0 Å². The Bertz CT molecular complexity index is 509. The topological polar surface area (TPSA) is 45.7 Å². The summed E-state index contributed by atoms with van der Waals surface area (Å²) in [6, 6.07) is 6.57. The highest BCUT2D eigenvalue weighted by Crippen LogP contribution is 2.27. The van der Waals surface area contributed by atoms with Crippen molar-refractivity contribution in [2.24, 2.45) is 4.99 Å². The van der Waals surface area contributed by atoms with Gasteiger partial charge in [0.1, 0.15) is 17.7 Å².